The maximum atomic E-state index is 11.5. The highest BCUT2D eigenvalue weighted by molar-refractivity contribution is 5.85. The molecule has 0 spiro atoms. The smallest absolute Gasteiger partial charge is 0.412 e. The quantitative estimate of drug-likeness (QED) is 0.809. The Morgan fingerprint density at radius 1 is 1.56 bits per heavy atom. The lowest BCUT2D eigenvalue weighted by atomic mass is 10.2. The number of carbonyl (C=O) groups excluding carboxylic acids is 1. The second-order valence-electron chi connectivity index (χ2n) is 5.10. The number of amides is 1. The van der Waals surface area contributed by atoms with Gasteiger partial charge in [0.05, 0.1) is 17.6 Å². The molecule has 1 aliphatic carbocycles. The summed E-state index contributed by atoms with van der Waals surface area (Å²) in [4.78, 5) is 11.5. The average molecular weight is 223 g/mol. The van der Waals surface area contributed by atoms with E-state index in [9.17, 15) is 4.79 Å². The third-order valence-electron chi connectivity index (χ3n) is 2.29. The van der Waals surface area contributed by atoms with Gasteiger partial charge in [0.1, 0.15) is 5.60 Å². The van der Waals surface area contributed by atoms with E-state index in [1.165, 1.54) is 0 Å². The zero-order valence-electron chi connectivity index (χ0n) is 9.83. The van der Waals surface area contributed by atoms with E-state index in [2.05, 4.69) is 15.5 Å². The van der Waals surface area contributed by atoms with E-state index in [0.29, 0.717) is 5.92 Å². The van der Waals surface area contributed by atoms with Gasteiger partial charge in [0.25, 0.3) is 0 Å². The van der Waals surface area contributed by atoms with Crippen molar-refractivity contribution < 1.29 is 9.53 Å². The summed E-state index contributed by atoms with van der Waals surface area (Å²) >= 11 is 0. The number of nitrogens with zero attached hydrogens (tertiary/aromatic N) is 1. The van der Waals surface area contributed by atoms with Crippen LogP contribution in [0.4, 0.5) is 10.5 Å². The van der Waals surface area contributed by atoms with Crippen LogP contribution in [0.1, 0.15) is 45.2 Å². The summed E-state index contributed by atoms with van der Waals surface area (Å²) in [6, 6.07) is 0. The summed E-state index contributed by atoms with van der Waals surface area (Å²) < 4.78 is 5.17. The summed E-state index contributed by atoms with van der Waals surface area (Å²) in [6.45, 7) is 5.51. The van der Waals surface area contributed by atoms with E-state index < -0.39 is 11.7 Å². The van der Waals surface area contributed by atoms with Crippen LogP contribution in [0.2, 0.25) is 0 Å². The van der Waals surface area contributed by atoms with Crippen LogP contribution >= 0.6 is 0 Å². The lowest BCUT2D eigenvalue weighted by Gasteiger charge is -2.19. The van der Waals surface area contributed by atoms with Crippen molar-refractivity contribution in [3.63, 3.8) is 0 Å². The van der Waals surface area contributed by atoms with Gasteiger partial charge in [-0.2, -0.15) is 5.10 Å². The minimum Gasteiger partial charge on any atom is -0.444 e. The topological polar surface area (TPSA) is 67.0 Å². The van der Waals surface area contributed by atoms with Crippen LogP contribution in [0.3, 0.4) is 0 Å². The minimum absolute atomic E-state index is 0.434. The van der Waals surface area contributed by atoms with Gasteiger partial charge >= 0.3 is 6.09 Å². The molecule has 2 rings (SSSR count). The Balaban J connectivity index is 1.98. The first-order chi connectivity index (χ1) is 7.46. The molecule has 1 fully saturated rings. The Labute approximate surface area is 94.6 Å². The zero-order valence-corrected chi connectivity index (χ0v) is 9.83. The first kappa shape index (κ1) is 11.0. The Bertz CT molecular complexity index is 388. The minimum atomic E-state index is -0.479. The number of carbonyl (C=O) groups is 1. The zero-order chi connectivity index (χ0) is 11.8. The van der Waals surface area contributed by atoms with Crippen LogP contribution < -0.4 is 5.32 Å². The molecule has 1 aromatic rings. The van der Waals surface area contributed by atoms with E-state index in [1.54, 1.807) is 6.20 Å². The number of ether oxygens (including phenoxy) is 1. The Morgan fingerprint density at radius 3 is 2.81 bits per heavy atom. The fraction of sp³-hybridized carbons (Fsp3) is 0.636. The van der Waals surface area contributed by atoms with Crippen molar-refractivity contribution in [2.45, 2.75) is 45.1 Å². The third kappa shape index (κ3) is 2.74. The van der Waals surface area contributed by atoms with Gasteiger partial charge in [0.2, 0.25) is 0 Å². The monoisotopic (exact) mass is 223 g/mol. The Kier molecular flexibility index (Phi) is 2.61. The molecule has 1 amide bonds. The first-order valence-electron chi connectivity index (χ1n) is 5.49. The normalized spacial score (nSPS) is 15.9. The summed E-state index contributed by atoms with van der Waals surface area (Å²) in [6.07, 6.45) is 3.50. The Morgan fingerprint density at radius 2 is 2.25 bits per heavy atom. The van der Waals surface area contributed by atoms with E-state index >= 15 is 0 Å². The number of nitrogens with one attached hydrogen (secondary N) is 2. The van der Waals surface area contributed by atoms with Crippen LogP contribution in [0.5, 0.6) is 0 Å². The molecule has 0 aromatic carbocycles. The standard InChI is InChI=1S/C11H17N3O2/c1-11(2,3)16-10(15)13-8-6-12-14-9(8)7-4-5-7/h6-7H,4-5H2,1-3H3,(H,12,14)(H,13,15). The van der Waals surface area contributed by atoms with E-state index in [4.69, 9.17) is 4.74 Å². The molecule has 5 nitrogen and oxygen atoms in total. The first-order valence-corrected chi connectivity index (χ1v) is 5.49. The van der Waals surface area contributed by atoms with Gasteiger partial charge in [0.15, 0.2) is 0 Å². The van der Waals surface area contributed by atoms with Crippen molar-refractivity contribution in [2.75, 3.05) is 5.32 Å². The molecule has 88 valence electrons. The van der Waals surface area contributed by atoms with Crippen LogP contribution in [0.15, 0.2) is 6.20 Å². The molecule has 0 aliphatic heterocycles. The van der Waals surface area contributed by atoms with Crippen molar-refractivity contribution >= 4 is 11.8 Å². The van der Waals surface area contributed by atoms with Gasteiger partial charge in [-0.1, -0.05) is 0 Å². The molecule has 0 bridgehead atoms. The summed E-state index contributed by atoms with van der Waals surface area (Å²) in [5.41, 5.74) is 1.26. The largest absolute Gasteiger partial charge is 0.444 e. The molecule has 0 radical (unpaired) electrons. The maximum absolute atomic E-state index is 11.5. The van der Waals surface area contributed by atoms with Crippen LogP contribution in [-0.2, 0) is 4.74 Å². The average Bonchev–Trinajstić information content (AvgIpc) is 2.85. The van der Waals surface area contributed by atoms with Gasteiger partial charge in [0, 0.05) is 5.92 Å². The molecule has 0 atom stereocenters. The highest BCUT2D eigenvalue weighted by Gasteiger charge is 2.28. The SMILES string of the molecule is CC(C)(C)OC(=O)Nc1cn[nH]c1C1CC1. The molecule has 0 saturated heterocycles. The fourth-order valence-electron chi connectivity index (χ4n) is 1.49. The molecular formula is C11H17N3O2. The summed E-state index contributed by atoms with van der Waals surface area (Å²) in [5.74, 6) is 0.521. The molecule has 1 aliphatic rings. The highest BCUT2D eigenvalue weighted by atomic mass is 16.6. The molecule has 16 heavy (non-hydrogen) atoms. The van der Waals surface area contributed by atoms with E-state index in [-0.39, 0.29) is 0 Å². The summed E-state index contributed by atoms with van der Waals surface area (Å²) in [7, 11) is 0. The van der Waals surface area contributed by atoms with Crippen LogP contribution in [0.25, 0.3) is 0 Å². The molecule has 5 heteroatoms. The molecule has 1 heterocycles. The predicted molar refractivity (Wildman–Crippen MR) is 60.4 cm³/mol. The van der Waals surface area contributed by atoms with Gasteiger partial charge in [-0.15, -0.1) is 0 Å². The van der Waals surface area contributed by atoms with Crippen LogP contribution in [0, 0.1) is 0 Å². The lowest BCUT2D eigenvalue weighted by molar-refractivity contribution is 0.0636. The summed E-state index contributed by atoms with van der Waals surface area (Å²) in [5, 5.41) is 9.57. The Hall–Kier alpha value is -1.52. The van der Waals surface area contributed by atoms with Crippen LogP contribution in [-0.4, -0.2) is 21.9 Å². The number of hydrogen-bond donors (Lipinski definition) is 2. The van der Waals surface area contributed by atoms with Crippen molar-refractivity contribution in [3.8, 4) is 0 Å². The van der Waals surface area contributed by atoms with Gasteiger partial charge in [-0.05, 0) is 33.6 Å². The van der Waals surface area contributed by atoms with Gasteiger partial charge < -0.3 is 4.74 Å². The maximum Gasteiger partial charge on any atom is 0.412 e. The number of hydrogen-bond acceptors (Lipinski definition) is 3. The van der Waals surface area contributed by atoms with Crippen molar-refractivity contribution in [1.29, 1.82) is 0 Å². The second-order valence-corrected chi connectivity index (χ2v) is 5.10. The molecule has 0 unspecified atom stereocenters. The van der Waals surface area contributed by atoms with Crippen molar-refractivity contribution in [3.05, 3.63) is 11.9 Å². The van der Waals surface area contributed by atoms with Gasteiger partial charge in [-0.25, -0.2) is 4.79 Å². The van der Waals surface area contributed by atoms with E-state index in [0.717, 1.165) is 24.2 Å². The highest BCUT2D eigenvalue weighted by Crippen LogP contribution is 2.42. The number of aromatic amines is 1. The lowest BCUT2D eigenvalue weighted by Crippen LogP contribution is -2.27. The predicted octanol–water partition coefficient (Wildman–Crippen LogP) is 2.63. The van der Waals surface area contributed by atoms with Gasteiger partial charge in [-0.3, -0.25) is 10.4 Å². The molecule has 1 saturated carbocycles. The third-order valence-corrected chi connectivity index (χ3v) is 2.29. The number of rotatable bonds is 2. The number of H-pyrrole nitrogens is 1. The molecule has 1 aromatic heterocycles. The molecular weight excluding hydrogens is 206 g/mol. The van der Waals surface area contributed by atoms with E-state index in [1.807, 2.05) is 20.8 Å². The van der Waals surface area contributed by atoms with Crippen molar-refractivity contribution in [2.24, 2.45) is 0 Å². The number of anilines is 1. The molecule has 2 N–H and O–H groups in total. The number of aromatic nitrogens is 2. The second kappa shape index (κ2) is 3.81. The fourth-order valence-corrected chi connectivity index (χ4v) is 1.49. The van der Waals surface area contributed by atoms with Crippen molar-refractivity contribution in [1.82, 2.24) is 10.2 Å².